The molecule has 10 aromatic carbocycles. The topological polar surface area (TPSA) is 9.72 Å². The van der Waals surface area contributed by atoms with Crippen molar-refractivity contribution in [3.8, 4) is 33.4 Å². The fourth-order valence-corrected chi connectivity index (χ4v) is 15.1. The SMILES string of the molecule is CC(C)(C)c1ccc(N2c3cc4c(cc3B3c5cc(-c6ccccc6)ccc5N(c5ccc(-c6ccccc6)cc5)c5cc(N(c6ccccc6)c6ccccc6)cc2c53)C(C)(C)CC4(C)C)c(-c2ccc3c(c2)C(C)(C)CCC3(C)C)c1. The smallest absolute Gasteiger partial charge is 0.252 e. The minimum Gasteiger partial charge on any atom is -0.311 e. The first kappa shape index (κ1) is 52.7. The average molecular weight is 1080 g/mol. The van der Waals surface area contributed by atoms with Crippen molar-refractivity contribution in [3.05, 3.63) is 252 Å². The van der Waals surface area contributed by atoms with E-state index in [1.807, 2.05) is 0 Å². The van der Waals surface area contributed by atoms with E-state index in [1.54, 1.807) is 0 Å². The summed E-state index contributed by atoms with van der Waals surface area (Å²) in [4.78, 5) is 7.78. The Hall–Kier alpha value is -8.34. The van der Waals surface area contributed by atoms with Crippen LogP contribution in [0.5, 0.6) is 0 Å². The molecule has 410 valence electrons. The minimum atomic E-state index is -0.102. The van der Waals surface area contributed by atoms with Crippen LogP contribution in [0.3, 0.4) is 0 Å². The van der Waals surface area contributed by atoms with Crippen LogP contribution in [-0.4, -0.2) is 6.71 Å². The highest BCUT2D eigenvalue weighted by Crippen LogP contribution is 2.56. The van der Waals surface area contributed by atoms with Gasteiger partial charge in [-0.05, 0) is 191 Å². The molecule has 0 amide bonds. The van der Waals surface area contributed by atoms with Crippen LogP contribution in [0.25, 0.3) is 33.4 Å². The molecule has 0 atom stereocenters. The number of benzene rings is 10. The van der Waals surface area contributed by atoms with Gasteiger partial charge in [-0.25, -0.2) is 0 Å². The summed E-state index contributed by atoms with van der Waals surface area (Å²) in [6, 6.07) is 85.7. The molecular formula is C79H76BN3. The Kier molecular flexibility index (Phi) is 12.1. The van der Waals surface area contributed by atoms with Crippen molar-refractivity contribution in [3.63, 3.8) is 0 Å². The number of para-hydroxylation sites is 2. The summed E-state index contributed by atoms with van der Waals surface area (Å²) in [7, 11) is 0. The van der Waals surface area contributed by atoms with Gasteiger partial charge in [0.1, 0.15) is 0 Å². The van der Waals surface area contributed by atoms with Gasteiger partial charge in [0.25, 0.3) is 6.71 Å². The normalized spacial score (nSPS) is 16.5. The number of anilines is 9. The third-order valence-electron chi connectivity index (χ3n) is 19.4. The van der Waals surface area contributed by atoms with Crippen LogP contribution in [0.15, 0.2) is 224 Å². The first-order valence-electron chi connectivity index (χ1n) is 30.3. The molecule has 4 heteroatoms. The van der Waals surface area contributed by atoms with Gasteiger partial charge in [0.2, 0.25) is 0 Å². The zero-order chi connectivity index (χ0) is 57.4. The van der Waals surface area contributed by atoms with Crippen LogP contribution in [0.4, 0.5) is 51.2 Å². The van der Waals surface area contributed by atoms with E-state index in [1.165, 1.54) is 112 Å². The monoisotopic (exact) mass is 1080 g/mol. The van der Waals surface area contributed by atoms with E-state index >= 15 is 0 Å². The molecule has 14 rings (SSSR count). The van der Waals surface area contributed by atoms with Crippen LogP contribution in [0.2, 0.25) is 0 Å². The third-order valence-corrected chi connectivity index (χ3v) is 19.4. The Bertz CT molecular complexity index is 4110. The molecule has 0 fully saturated rings. The lowest BCUT2D eigenvalue weighted by molar-refractivity contribution is 0.332. The Labute approximate surface area is 494 Å². The Balaban J connectivity index is 1.13. The lowest BCUT2D eigenvalue weighted by atomic mass is 9.33. The molecule has 2 aliphatic carbocycles. The molecule has 2 heterocycles. The molecule has 83 heavy (non-hydrogen) atoms. The van der Waals surface area contributed by atoms with Gasteiger partial charge in [-0.15, -0.1) is 0 Å². The maximum atomic E-state index is 2.73. The number of rotatable bonds is 8. The van der Waals surface area contributed by atoms with Crippen molar-refractivity contribution in [2.24, 2.45) is 0 Å². The van der Waals surface area contributed by atoms with Crippen molar-refractivity contribution in [2.45, 2.75) is 122 Å². The maximum absolute atomic E-state index is 2.73. The molecule has 0 N–H and O–H groups in total. The van der Waals surface area contributed by atoms with E-state index in [4.69, 9.17) is 0 Å². The van der Waals surface area contributed by atoms with Gasteiger partial charge in [-0.2, -0.15) is 0 Å². The molecule has 0 radical (unpaired) electrons. The van der Waals surface area contributed by atoms with E-state index in [0.29, 0.717) is 0 Å². The molecule has 0 aromatic heterocycles. The molecule has 0 saturated heterocycles. The highest BCUT2D eigenvalue weighted by Gasteiger charge is 2.49. The van der Waals surface area contributed by atoms with Crippen LogP contribution < -0.4 is 31.1 Å². The zero-order valence-electron chi connectivity index (χ0n) is 50.4. The summed E-state index contributed by atoms with van der Waals surface area (Å²) in [6.07, 6.45) is 3.40. The first-order valence-corrected chi connectivity index (χ1v) is 30.3. The predicted molar refractivity (Wildman–Crippen MR) is 356 cm³/mol. The van der Waals surface area contributed by atoms with Gasteiger partial charge in [0, 0.05) is 45.4 Å². The Morgan fingerprint density at radius 1 is 0.361 bits per heavy atom. The van der Waals surface area contributed by atoms with Crippen LogP contribution in [0, 0.1) is 0 Å². The van der Waals surface area contributed by atoms with Gasteiger partial charge in [0.05, 0.1) is 11.4 Å². The number of nitrogens with zero attached hydrogens (tertiary/aromatic N) is 3. The highest BCUT2D eigenvalue weighted by molar-refractivity contribution is 7.00. The van der Waals surface area contributed by atoms with E-state index in [0.717, 1.165) is 35.6 Å². The van der Waals surface area contributed by atoms with Gasteiger partial charge in [-0.1, -0.05) is 228 Å². The largest absolute Gasteiger partial charge is 0.311 e. The van der Waals surface area contributed by atoms with E-state index < -0.39 is 0 Å². The minimum absolute atomic E-state index is 0.0311. The molecule has 0 saturated carbocycles. The zero-order valence-corrected chi connectivity index (χ0v) is 50.4. The van der Waals surface area contributed by atoms with E-state index in [2.05, 4.69) is 315 Å². The van der Waals surface area contributed by atoms with E-state index in [9.17, 15) is 0 Å². The Morgan fingerprint density at radius 3 is 1.45 bits per heavy atom. The van der Waals surface area contributed by atoms with Crippen LogP contribution >= 0.6 is 0 Å². The molecule has 3 nitrogen and oxygen atoms in total. The molecular weight excluding hydrogens is 1000 g/mol. The van der Waals surface area contributed by atoms with Crippen LogP contribution in [-0.2, 0) is 27.1 Å². The molecule has 0 bridgehead atoms. The standard InChI is InChI=1S/C79H76BN3/c1-75(2,3)57-36-41-69(62(46-57)56-34-39-63-64(44-56)77(6,7)43-42-76(63,4)5)83-71-50-66-65(78(8,9)51-79(66,10)11)49-68(71)80-67-45-55(53-26-18-13-19-27-53)35-40-70(67)82(60-37-32-54(33-38-60)52-24-16-12-17-25-52)72-47-61(48-73(83)74(72)80)81(58-28-20-14-21-29-58)59-30-22-15-23-31-59/h12-41,44-50H,42-43,51H2,1-11H3. The van der Waals surface area contributed by atoms with Crippen molar-refractivity contribution < 1.29 is 0 Å². The van der Waals surface area contributed by atoms with Crippen molar-refractivity contribution in [1.82, 2.24) is 0 Å². The van der Waals surface area contributed by atoms with Gasteiger partial charge >= 0.3 is 0 Å². The van der Waals surface area contributed by atoms with Gasteiger partial charge < -0.3 is 14.7 Å². The summed E-state index contributed by atoms with van der Waals surface area (Å²) < 4.78 is 0. The Morgan fingerprint density at radius 2 is 0.843 bits per heavy atom. The maximum Gasteiger partial charge on any atom is 0.252 e. The highest BCUT2D eigenvalue weighted by atomic mass is 15.2. The second kappa shape index (κ2) is 19.1. The second-order valence-electron chi connectivity index (χ2n) is 28.0. The summed E-state index contributed by atoms with van der Waals surface area (Å²) in [5.74, 6) is 0. The number of fused-ring (bicyclic) bond motifs is 6. The fourth-order valence-electron chi connectivity index (χ4n) is 15.1. The predicted octanol–water partition coefficient (Wildman–Crippen LogP) is 19.8. The third kappa shape index (κ3) is 8.77. The van der Waals surface area contributed by atoms with Gasteiger partial charge in [-0.3, -0.25) is 0 Å². The lowest BCUT2D eigenvalue weighted by Gasteiger charge is -2.46. The molecule has 4 aliphatic rings. The molecule has 0 unspecified atom stereocenters. The van der Waals surface area contributed by atoms with Crippen molar-refractivity contribution in [2.75, 3.05) is 14.7 Å². The second-order valence-corrected chi connectivity index (χ2v) is 28.0. The average Bonchev–Trinajstić information content (AvgIpc) is 2.54. The summed E-state index contributed by atoms with van der Waals surface area (Å²) >= 11 is 0. The lowest BCUT2D eigenvalue weighted by Crippen LogP contribution is -2.61. The van der Waals surface area contributed by atoms with E-state index in [-0.39, 0.29) is 33.8 Å². The summed E-state index contributed by atoms with van der Waals surface area (Å²) in [6.45, 7) is 26.7. The number of hydrogen-bond donors (Lipinski definition) is 0. The quantitative estimate of drug-likeness (QED) is 0.140. The molecule has 10 aromatic rings. The molecule has 0 spiro atoms. The first-order chi connectivity index (χ1) is 39.8. The van der Waals surface area contributed by atoms with Crippen molar-refractivity contribution in [1.29, 1.82) is 0 Å². The van der Waals surface area contributed by atoms with Gasteiger partial charge in [0.15, 0.2) is 0 Å². The fraction of sp³-hybridized carbons (Fsp3) is 0.241. The molecule has 2 aliphatic heterocycles. The summed E-state index contributed by atoms with van der Waals surface area (Å²) in [5, 5.41) is 0. The summed E-state index contributed by atoms with van der Waals surface area (Å²) in [5.41, 5.74) is 28.9. The van der Waals surface area contributed by atoms with Crippen LogP contribution in [0.1, 0.15) is 123 Å². The number of hydrogen-bond acceptors (Lipinski definition) is 3. The van der Waals surface area contributed by atoms with Crippen molar-refractivity contribution >= 4 is 74.3 Å².